The number of hydrogen-bond acceptors (Lipinski definition) is 4. The predicted octanol–water partition coefficient (Wildman–Crippen LogP) is 1.93. The average molecular weight is 227 g/mol. The van der Waals surface area contributed by atoms with Crippen molar-refractivity contribution in [2.75, 3.05) is 6.54 Å². The Labute approximate surface area is 96.9 Å². The summed E-state index contributed by atoms with van der Waals surface area (Å²) in [5, 5.41) is 1.68. The van der Waals surface area contributed by atoms with Gasteiger partial charge in [0.1, 0.15) is 5.78 Å². The van der Waals surface area contributed by atoms with Gasteiger partial charge in [-0.25, -0.2) is 4.79 Å². The minimum atomic E-state index is -0.500. The molecule has 0 aliphatic carbocycles. The first kappa shape index (κ1) is 13.2. The highest BCUT2D eigenvalue weighted by Gasteiger charge is 2.32. The Kier molecular flexibility index (Phi) is 4.08. The number of piperidine rings is 1. The van der Waals surface area contributed by atoms with Crippen molar-refractivity contribution in [1.29, 1.82) is 0 Å². The van der Waals surface area contributed by atoms with E-state index in [2.05, 4.69) is 0 Å². The maximum atomic E-state index is 11.7. The summed E-state index contributed by atoms with van der Waals surface area (Å²) in [5.74, 6) is 0.0233. The van der Waals surface area contributed by atoms with E-state index in [1.165, 1.54) is 0 Å². The fourth-order valence-corrected chi connectivity index (χ4v) is 1.60. The van der Waals surface area contributed by atoms with Crippen LogP contribution in [0.4, 0.5) is 0 Å². The number of nitrogens with zero attached hydrogens (tertiary/aromatic N) is 1. The fraction of sp³-hybridized carbons (Fsp3) is 0.833. The van der Waals surface area contributed by atoms with Crippen molar-refractivity contribution in [3.05, 3.63) is 0 Å². The first-order valence-corrected chi connectivity index (χ1v) is 5.85. The van der Waals surface area contributed by atoms with Crippen LogP contribution < -0.4 is 0 Å². The molecule has 1 aliphatic heterocycles. The molecule has 0 radical (unpaired) electrons. The molecule has 0 amide bonds. The number of ketones is 1. The van der Waals surface area contributed by atoms with Crippen molar-refractivity contribution in [3.63, 3.8) is 0 Å². The first-order valence-electron chi connectivity index (χ1n) is 5.85. The van der Waals surface area contributed by atoms with Crippen molar-refractivity contribution >= 4 is 11.8 Å². The largest absolute Gasteiger partial charge is 0.367 e. The van der Waals surface area contributed by atoms with Gasteiger partial charge in [-0.1, -0.05) is 6.92 Å². The molecule has 1 fully saturated rings. The predicted molar refractivity (Wildman–Crippen MR) is 60.6 cm³/mol. The van der Waals surface area contributed by atoms with E-state index in [-0.39, 0.29) is 17.8 Å². The third-order valence-electron chi connectivity index (χ3n) is 2.77. The maximum Gasteiger partial charge on any atom is 0.330 e. The van der Waals surface area contributed by atoms with Crippen LogP contribution in [0, 0.1) is 5.41 Å². The molecule has 0 aromatic carbocycles. The minimum absolute atomic E-state index is 0.0487. The Morgan fingerprint density at radius 1 is 1.50 bits per heavy atom. The van der Waals surface area contributed by atoms with Gasteiger partial charge in [-0.2, -0.15) is 0 Å². The number of carbonyl (C=O) groups excluding carboxylic acids is 2. The molecule has 0 aromatic heterocycles. The highest BCUT2D eigenvalue weighted by Crippen LogP contribution is 2.22. The molecular formula is C12H21NO3. The molecule has 1 saturated heterocycles. The number of hydrogen-bond donors (Lipinski definition) is 0. The molecule has 1 rings (SSSR count). The van der Waals surface area contributed by atoms with Gasteiger partial charge in [0.05, 0.1) is 11.5 Å². The molecule has 0 spiro atoms. The molecule has 16 heavy (non-hydrogen) atoms. The maximum absolute atomic E-state index is 11.7. The molecule has 0 saturated carbocycles. The number of Topliss-reactive ketones (excluding diaryl/α,β-unsaturated/α-hetero) is 1. The van der Waals surface area contributed by atoms with Crippen LogP contribution in [0.25, 0.3) is 0 Å². The summed E-state index contributed by atoms with van der Waals surface area (Å²) in [6.07, 6.45) is 1.80. The van der Waals surface area contributed by atoms with E-state index in [0.717, 1.165) is 6.42 Å². The Morgan fingerprint density at radius 3 is 2.62 bits per heavy atom. The van der Waals surface area contributed by atoms with E-state index < -0.39 is 5.41 Å². The lowest BCUT2D eigenvalue weighted by atomic mass is 9.97. The van der Waals surface area contributed by atoms with E-state index >= 15 is 0 Å². The summed E-state index contributed by atoms with van der Waals surface area (Å²) in [4.78, 5) is 28.4. The van der Waals surface area contributed by atoms with Crippen molar-refractivity contribution in [3.8, 4) is 0 Å². The molecule has 1 heterocycles. The zero-order valence-corrected chi connectivity index (χ0v) is 10.6. The second-order valence-electron chi connectivity index (χ2n) is 5.32. The third-order valence-corrected chi connectivity index (χ3v) is 2.77. The van der Waals surface area contributed by atoms with Crippen LogP contribution in [0.15, 0.2) is 0 Å². The van der Waals surface area contributed by atoms with E-state index in [0.29, 0.717) is 19.4 Å². The van der Waals surface area contributed by atoms with Gasteiger partial charge in [-0.05, 0) is 27.2 Å². The van der Waals surface area contributed by atoms with E-state index in [1.54, 1.807) is 5.06 Å². The van der Waals surface area contributed by atoms with Gasteiger partial charge in [0.25, 0.3) is 0 Å². The first-order chi connectivity index (χ1) is 7.34. The molecule has 1 aliphatic rings. The zero-order chi connectivity index (χ0) is 12.3. The minimum Gasteiger partial charge on any atom is -0.367 e. The number of hydroxylamine groups is 2. The molecule has 0 N–H and O–H groups in total. The summed E-state index contributed by atoms with van der Waals surface area (Å²) in [6, 6.07) is 0.0487. The Morgan fingerprint density at radius 2 is 2.12 bits per heavy atom. The van der Waals surface area contributed by atoms with Gasteiger partial charge in [0, 0.05) is 19.4 Å². The van der Waals surface area contributed by atoms with Crippen LogP contribution in [-0.2, 0) is 14.4 Å². The number of rotatable bonds is 2. The molecular weight excluding hydrogens is 206 g/mol. The Hall–Kier alpha value is -0.900. The van der Waals surface area contributed by atoms with Crippen molar-refractivity contribution < 1.29 is 14.4 Å². The SMILES string of the molecule is CCC1CC(=O)CCN1OC(=O)C(C)(C)C. The number of carbonyl (C=O) groups is 2. The quantitative estimate of drug-likeness (QED) is 0.723. The van der Waals surface area contributed by atoms with Crippen LogP contribution in [0.1, 0.15) is 47.0 Å². The Bertz CT molecular complexity index is 280. The lowest BCUT2D eigenvalue weighted by Crippen LogP contribution is -2.45. The van der Waals surface area contributed by atoms with Gasteiger partial charge in [-0.3, -0.25) is 4.79 Å². The highest BCUT2D eigenvalue weighted by molar-refractivity contribution is 5.80. The monoisotopic (exact) mass is 227 g/mol. The summed E-state index contributed by atoms with van der Waals surface area (Å²) in [5.41, 5.74) is -0.500. The fourth-order valence-electron chi connectivity index (χ4n) is 1.60. The third kappa shape index (κ3) is 3.30. The van der Waals surface area contributed by atoms with Crippen molar-refractivity contribution in [1.82, 2.24) is 5.06 Å². The van der Waals surface area contributed by atoms with Gasteiger partial charge < -0.3 is 4.84 Å². The van der Waals surface area contributed by atoms with Crippen molar-refractivity contribution in [2.24, 2.45) is 5.41 Å². The lowest BCUT2D eigenvalue weighted by molar-refractivity contribution is -0.216. The van der Waals surface area contributed by atoms with Gasteiger partial charge in [0.2, 0.25) is 0 Å². The summed E-state index contributed by atoms with van der Waals surface area (Å²) >= 11 is 0. The van der Waals surface area contributed by atoms with Crippen LogP contribution in [0.3, 0.4) is 0 Å². The average Bonchev–Trinajstić information content (AvgIpc) is 2.19. The molecule has 1 unspecified atom stereocenters. The highest BCUT2D eigenvalue weighted by atomic mass is 16.7. The summed E-state index contributed by atoms with van der Waals surface area (Å²) in [7, 11) is 0. The Balaban J connectivity index is 2.59. The van der Waals surface area contributed by atoms with E-state index in [9.17, 15) is 9.59 Å². The van der Waals surface area contributed by atoms with Crippen molar-refractivity contribution in [2.45, 2.75) is 53.0 Å². The summed E-state index contributed by atoms with van der Waals surface area (Å²) in [6.45, 7) is 8.00. The van der Waals surface area contributed by atoms with Crippen LogP contribution >= 0.6 is 0 Å². The van der Waals surface area contributed by atoms with Gasteiger partial charge >= 0.3 is 5.97 Å². The van der Waals surface area contributed by atoms with Crippen LogP contribution in [0.5, 0.6) is 0 Å². The zero-order valence-electron chi connectivity index (χ0n) is 10.6. The molecule has 4 nitrogen and oxygen atoms in total. The van der Waals surface area contributed by atoms with E-state index in [4.69, 9.17) is 4.84 Å². The molecule has 0 bridgehead atoms. The van der Waals surface area contributed by atoms with E-state index in [1.807, 2.05) is 27.7 Å². The summed E-state index contributed by atoms with van der Waals surface area (Å²) < 4.78 is 0. The standard InChI is InChI=1S/C12H21NO3/c1-5-9-8-10(14)6-7-13(9)16-11(15)12(2,3)4/h9H,5-8H2,1-4H3. The second kappa shape index (κ2) is 4.95. The molecule has 92 valence electrons. The lowest BCUT2D eigenvalue weighted by Gasteiger charge is -2.34. The molecule has 4 heteroatoms. The van der Waals surface area contributed by atoms with Gasteiger partial charge in [-0.15, -0.1) is 5.06 Å². The van der Waals surface area contributed by atoms with Crippen LogP contribution in [-0.4, -0.2) is 29.4 Å². The van der Waals surface area contributed by atoms with Gasteiger partial charge in [0.15, 0.2) is 0 Å². The molecule has 0 aromatic rings. The topological polar surface area (TPSA) is 46.6 Å². The smallest absolute Gasteiger partial charge is 0.330 e. The normalized spacial score (nSPS) is 23.2. The van der Waals surface area contributed by atoms with Crippen LogP contribution in [0.2, 0.25) is 0 Å². The molecule has 1 atom stereocenters. The second-order valence-corrected chi connectivity index (χ2v) is 5.32.